The predicted molar refractivity (Wildman–Crippen MR) is 89.0 cm³/mol. The van der Waals surface area contributed by atoms with Crippen LogP contribution in [0.25, 0.3) is 0 Å². The Kier molecular flexibility index (Phi) is 5.45. The summed E-state index contributed by atoms with van der Waals surface area (Å²) in [6.07, 6.45) is 7.82. The van der Waals surface area contributed by atoms with Crippen molar-refractivity contribution in [2.45, 2.75) is 64.4 Å². The van der Waals surface area contributed by atoms with E-state index in [4.69, 9.17) is 5.73 Å². The Morgan fingerprint density at radius 2 is 1.81 bits per heavy atom. The van der Waals surface area contributed by atoms with Gasteiger partial charge in [-0.1, -0.05) is 57.0 Å². The maximum absolute atomic E-state index is 11.5. The zero-order chi connectivity index (χ0) is 15.3. The Labute approximate surface area is 129 Å². The molecule has 1 aliphatic carbocycles. The SMILES string of the molecule is CCCC1CCC(CN)(C(O)(CC)c2ccccc2)CC1. The molecule has 2 rings (SSSR count). The van der Waals surface area contributed by atoms with Crippen molar-refractivity contribution < 1.29 is 5.11 Å². The zero-order valence-corrected chi connectivity index (χ0v) is 13.6. The van der Waals surface area contributed by atoms with Crippen LogP contribution in [0, 0.1) is 11.3 Å². The first-order valence-electron chi connectivity index (χ1n) is 8.60. The van der Waals surface area contributed by atoms with Gasteiger partial charge in [0, 0.05) is 12.0 Å². The lowest BCUT2D eigenvalue weighted by molar-refractivity contribution is -0.115. The lowest BCUT2D eigenvalue weighted by Crippen LogP contribution is -2.52. The Morgan fingerprint density at radius 3 is 2.29 bits per heavy atom. The second kappa shape index (κ2) is 6.93. The quantitative estimate of drug-likeness (QED) is 0.823. The molecule has 1 aromatic rings. The third-order valence-corrected chi connectivity index (χ3v) is 5.79. The second-order valence-corrected chi connectivity index (χ2v) is 6.80. The van der Waals surface area contributed by atoms with Crippen LogP contribution in [0.4, 0.5) is 0 Å². The van der Waals surface area contributed by atoms with Gasteiger partial charge in [0.1, 0.15) is 0 Å². The highest BCUT2D eigenvalue weighted by Crippen LogP contribution is 2.52. The van der Waals surface area contributed by atoms with E-state index in [1.807, 2.05) is 18.2 Å². The van der Waals surface area contributed by atoms with Crippen LogP contribution < -0.4 is 5.73 Å². The number of aliphatic hydroxyl groups is 1. The molecule has 1 aromatic carbocycles. The Bertz CT molecular complexity index is 422. The van der Waals surface area contributed by atoms with E-state index in [1.54, 1.807) is 0 Å². The van der Waals surface area contributed by atoms with E-state index in [2.05, 4.69) is 26.0 Å². The Balaban J connectivity index is 2.26. The molecule has 0 aliphatic heterocycles. The summed E-state index contributed by atoms with van der Waals surface area (Å²) in [4.78, 5) is 0. The molecule has 0 aromatic heterocycles. The first-order chi connectivity index (χ1) is 10.1. The van der Waals surface area contributed by atoms with Gasteiger partial charge in [0.2, 0.25) is 0 Å². The van der Waals surface area contributed by atoms with Gasteiger partial charge in [-0.3, -0.25) is 0 Å². The summed E-state index contributed by atoms with van der Waals surface area (Å²) >= 11 is 0. The van der Waals surface area contributed by atoms with E-state index in [-0.39, 0.29) is 5.41 Å². The maximum Gasteiger partial charge on any atom is 0.0961 e. The minimum absolute atomic E-state index is 0.159. The molecule has 1 unspecified atom stereocenters. The Morgan fingerprint density at radius 1 is 1.19 bits per heavy atom. The number of hydrogen-bond donors (Lipinski definition) is 2. The zero-order valence-electron chi connectivity index (χ0n) is 13.6. The van der Waals surface area contributed by atoms with Crippen molar-refractivity contribution in [3.8, 4) is 0 Å². The minimum atomic E-state index is -0.791. The van der Waals surface area contributed by atoms with Crippen molar-refractivity contribution in [3.63, 3.8) is 0 Å². The highest BCUT2D eigenvalue weighted by Gasteiger charge is 2.50. The average Bonchev–Trinajstić information content (AvgIpc) is 2.56. The number of benzene rings is 1. The molecule has 3 N–H and O–H groups in total. The monoisotopic (exact) mass is 289 g/mol. The van der Waals surface area contributed by atoms with E-state index in [0.29, 0.717) is 6.54 Å². The molecule has 0 heterocycles. The average molecular weight is 289 g/mol. The molecule has 0 saturated heterocycles. The molecule has 2 nitrogen and oxygen atoms in total. The largest absolute Gasteiger partial charge is 0.385 e. The van der Waals surface area contributed by atoms with Gasteiger partial charge < -0.3 is 10.8 Å². The topological polar surface area (TPSA) is 46.2 Å². The fraction of sp³-hybridized carbons (Fsp3) is 0.684. The van der Waals surface area contributed by atoms with Gasteiger partial charge in [0.15, 0.2) is 0 Å². The molecule has 1 fully saturated rings. The van der Waals surface area contributed by atoms with Gasteiger partial charge in [-0.15, -0.1) is 0 Å². The summed E-state index contributed by atoms with van der Waals surface area (Å²) in [5.41, 5.74) is 6.28. The fourth-order valence-electron chi connectivity index (χ4n) is 4.31. The van der Waals surface area contributed by atoms with Crippen molar-refractivity contribution in [2.75, 3.05) is 6.54 Å². The molecule has 1 aliphatic rings. The van der Waals surface area contributed by atoms with Gasteiger partial charge in [-0.25, -0.2) is 0 Å². The first-order valence-corrected chi connectivity index (χ1v) is 8.60. The molecular formula is C19H31NO. The first kappa shape index (κ1) is 16.5. The highest BCUT2D eigenvalue weighted by atomic mass is 16.3. The lowest BCUT2D eigenvalue weighted by atomic mass is 9.58. The molecule has 1 saturated carbocycles. The predicted octanol–water partition coefficient (Wildman–Crippen LogP) is 4.22. The fourth-order valence-corrected chi connectivity index (χ4v) is 4.31. The van der Waals surface area contributed by atoms with Gasteiger partial charge >= 0.3 is 0 Å². The summed E-state index contributed by atoms with van der Waals surface area (Å²) in [5, 5.41) is 11.5. The van der Waals surface area contributed by atoms with Crippen molar-refractivity contribution in [3.05, 3.63) is 35.9 Å². The van der Waals surface area contributed by atoms with Crippen molar-refractivity contribution >= 4 is 0 Å². The van der Waals surface area contributed by atoms with Crippen molar-refractivity contribution in [1.82, 2.24) is 0 Å². The minimum Gasteiger partial charge on any atom is -0.385 e. The summed E-state index contributed by atoms with van der Waals surface area (Å²) in [6, 6.07) is 10.1. The molecule has 0 bridgehead atoms. The van der Waals surface area contributed by atoms with E-state index in [0.717, 1.165) is 30.7 Å². The van der Waals surface area contributed by atoms with Crippen molar-refractivity contribution in [2.24, 2.45) is 17.1 Å². The maximum atomic E-state index is 11.5. The number of nitrogens with two attached hydrogens (primary N) is 1. The van der Waals surface area contributed by atoms with Gasteiger partial charge in [-0.05, 0) is 43.6 Å². The van der Waals surface area contributed by atoms with Crippen LogP contribution in [0.5, 0.6) is 0 Å². The summed E-state index contributed by atoms with van der Waals surface area (Å²) < 4.78 is 0. The molecular weight excluding hydrogens is 258 g/mol. The summed E-state index contributed by atoms with van der Waals surface area (Å²) in [6.45, 7) is 4.92. The van der Waals surface area contributed by atoms with Crippen LogP contribution >= 0.6 is 0 Å². The molecule has 2 heteroatoms. The highest BCUT2D eigenvalue weighted by molar-refractivity contribution is 5.26. The standard InChI is InChI=1S/C19H31NO/c1-3-8-16-11-13-18(15-20,14-12-16)19(21,4-2)17-9-6-5-7-10-17/h5-7,9-10,16,21H,3-4,8,11-15,20H2,1-2H3. The molecule has 0 spiro atoms. The van der Waals surface area contributed by atoms with Crippen LogP contribution in [-0.2, 0) is 5.60 Å². The van der Waals surface area contributed by atoms with E-state index < -0.39 is 5.60 Å². The van der Waals surface area contributed by atoms with Crippen LogP contribution in [-0.4, -0.2) is 11.7 Å². The Hall–Kier alpha value is -0.860. The van der Waals surface area contributed by atoms with Crippen LogP contribution in [0.15, 0.2) is 30.3 Å². The van der Waals surface area contributed by atoms with Crippen LogP contribution in [0.2, 0.25) is 0 Å². The van der Waals surface area contributed by atoms with Crippen LogP contribution in [0.3, 0.4) is 0 Å². The summed E-state index contributed by atoms with van der Waals surface area (Å²) in [5.74, 6) is 0.826. The second-order valence-electron chi connectivity index (χ2n) is 6.80. The van der Waals surface area contributed by atoms with Gasteiger partial charge in [0.25, 0.3) is 0 Å². The molecule has 118 valence electrons. The molecule has 21 heavy (non-hydrogen) atoms. The molecule has 0 radical (unpaired) electrons. The molecule has 1 atom stereocenters. The van der Waals surface area contributed by atoms with E-state index >= 15 is 0 Å². The van der Waals surface area contributed by atoms with Gasteiger partial charge in [-0.2, -0.15) is 0 Å². The van der Waals surface area contributed by atoms with Crippen LogP contribution in [0.1, 0.15) is 64.4 Å². The van der Waals surface area contributed by atoms with E-state index in [9.17, 15) is 5.11 Å². The van der Waals surface area contributed by atoms with Crippen molar-refractivity contribution in [1.29, 1.82) is 0 Å². The van der Waals surface area contributed by atoms with Gasteiger partial charge in [0.05, 0.1) is 5.60 Å². The normalized spacial score (nSPS) is 29.0. The smallest absolute Gasteiger partial charge is 0.0961 e. The summed E-state index contributed by atoms with van der Waals surface area (Å²) in [7, 11) is 0. The lowest BCUT2D eigenvalue weighted by Gasteiger charge is -2.50. The number of rotatable bonds is 6. The van der Waals surface area contributed by atoms with E-state index in [1.165, 1.54) is 25.7 Å². The third-order valence-electron chi connectivity index (χ3n) is 5.79. The molecule has 0 amide bonds. The third kappa shape index (κ3) is 3.02. The number of hydrogen-bond acceptors (Lipinski definition) is 2.